The second-order valence-corrected chi connectivity index (χ2v) is 5.68. The number of hydrogen-bond donors (Lipinski definition) is 2. The maximum absolute atomic E-state index is 10.6. The molecule has 1 aliphatic heterocycles. The van der Waals surface area contributed by atoms with Crippen molar-refractivity contribution in [2.24, 2.45) is 10.8 Å². The van der Waals surface area contributed by atoms with Gasteiger partial charge < -0.3 is 20.0 Å². The van der Waals surface area contributed by atoms with Gasteiger partial charge >= 0.3 is 5.88 Å². The van der Waals surface area contributed by atoms with E-state index in [-0.39, 0.29) is 17.6 Å². The molecule has 0 saturated carbocycles. The highest BCUT2D eigenvalue weighted by Crippen LogP contribution is 2.14. The molecule has 24 heavy (non-hydrogen) atoms. The number of nitrogens with two attached hydrogens (primary N) is 1. The maximum Gasteiger partial charge on any atom is 0.433 e. The zero-order valence-electron chi connectivity index (χ0n) is 13.7. The van der Waals surface area contributed by atoms with Crippen LogP contribution in [0.25, 0.3) is 0 Å². The van der Waals surface area contributed by atoms with Gasteiger partial charge in [-0.1, -0.05) is 0 Å². The average Bonchev–Trinajstić information content (AvgIpc) is 3.01. The first-order valence-electron chi connectivity index (χ1n) is 7.76. The van der Waals surface area contributed by atoms with Crippen LogP contribution < -0.4 is 5.73 Å². The van der Waals surface area contributed by atoms with E-state index in [1.807, 2.05) is 0 Å². The van der Waals surface area contributed by atoms with Crippen molar-refractivity contribution >= 4 is 18.1 Å². The number of hydrazone groups is 1. The molecule has 10 heteroatoms. The molecule has 2 heterocycles. The molecule has 0 radical (unpaired) electrons. The zero-order valence-corrected chi connectivity index (χ0v) is 13.7. The Morgan fingerprint density at radius 2 is 2.21 bits per heavy atom. The average molecular weight is 337 g/mol. The van der Waals surface area contributed by atoms with E-state index in [1.165, 1.54) is 23.4 Å². The van der Waals surface area contributed by atoms with Gasteiger partial charge in [0.25, 0.3) is 0 Å². The number of guanidine groups is 1. The smallest absolute Gasteiger partial charge is 0.400 e. The number of furan rings is 1. The zero-order chi connectivity index (χ0) is 17.5. The highest BCUT2D eigenvalue weighted by molar-refractivity contribution is 5.80. The summed E-state index contributed by atoms with van der Waals surface area (Å²) in [4.78, 5) is 14.6. The standard InChI is InChI=1S/C14H23N7O3/c1-18-7-9-19(10-8-18)5-2-6-20(14(15)16)17-11-12-3-4-13(24-12)21(22)23/h3-4,11H,2,5-10H2,1H3,(H3,15,16)/b17-11-. The SMILES string of the molecule is CN1CCN(CCCN(/N=C\c2ccc([N+](=O)[O-])o2)C(=N)N)CC1. The van der Waals surface area contributed by atoms with Crippen molar-refractivity contribution in [3.8, 4) is 0 Å². The first kappa shape index (κ1) is 17.9. The predicted octanol–water partition coefficient (Wildman–Crippen LogP) is 0.355. The molecule has 1 aromatic heterocycles. The molecule has 2 rings (SSSR count). The summed E-state index contributed by atoms with van der Waals surface area (Å²) in [5.41, 5.74) is 5.53. The van der Waals surface area contributed by atoms with Gasteiger partial charge in [-0.2, -0.15) is 5.10 Å². The van der Waals surface area contributed by atoms with Gasteiger partial charge in [-0.05, 0) is 19.5 Å². The Kier molecular flexibility index (Phi) is 6.27. The van der Waals surface area contributed by atoms with Gasteiger partial charge in [-0.25, -0.2) is 5.01 Å². The third-order valence-electron chi connectivity index (χ3n) is 3.84. The van der Waals surface area contributed by atoms with Crippen LogP contribution in [0.1, 0.15) is 12.2 Å². The van der Waals surface area contributed by atoms with E-state index in [4.69, 9.17) is 15.6 Å². The molecule has 1 fully saturated rings. The molecule has 0 amide bonds. The van der Waals surface area contributed by atoms with Gasteiger partial charge in [-0.15, -0.1) is 0 Å². The quantitative estimate of drug-likeness (QED) is 0.318. The van der Waals surface area contributed by atoms with Crippen molar-refractivity contribution in [2.45, 2.75) is 6.42 Å². The summed E-state index contributed by atoms with van der Waals surface area (Å²) >= 11 is 0. The van der Waals surface area contributed by atoms with Gasteiger partial charge in [-0.3, -0.25) is 15.5 Å². The molecule has 10 nitrogen and oxygen atoms in total. The lowest BCUT2D eigenvalue weighted by atomic mass is 10.3. The molecule has 1 aliphatic rings. The molecule has 0 unspecified atom stereocenters. The molecule has 0 spiro atoms. The number of piperazine rings is 1. The fraction of sp³-hybridized carbons (Fsp3) is 0.571. The lowest BCUT2D eigenvalue weighted by molar-refractivity contribution is -0.402. The largest absolute Gasteiger partial charge is 0.433 e. The van der Waals surface area contributed by atoms with Crippen LogP contribution in [-0.4, -0.2) is 78.2 Å². The molecule has 3 N–H and O–H groups in total. The number of rotatable bonds is 7. The van der Waals surface area contributed by atoms with Crippen LogP contribution in [0.2, 0.25) is 0 Å². The van der Waals surface area contributed by atoms with Crippen molar-refractivity contribution in [1.82, 2.24) is 14.8 Å². The Labute approximate surface area is 140 Å². The van der Waals surface area contributed by atoms with Gasteiger partial charge in [0.05, 0.1) is 12.3 Å². The topological polar surface area (TPSA) is 128 Å². The van der Waals surface area contributed by atoms with Gasteiger partial charge in [0, 0.05) is 39.3 Å². The second kappa shape index (κ2) is 8.41. The van der Waals surface area contributed by atoms with Crippen LogP contribution in [0.5, 0.6) is 0 Å². The first-order valence-corrected chi connectivity index (χ1v) is 7.76. The van der Waals surface area contributed by atoms with Crippen molar-refractivity contribution < 1.29 is 9.34 Å². The highest BCUT2D eigenvalue weighted by atomic mass is 16.6. The summed E-state index contributed by atoms with van der Waals surface area (Å²) in [6.45, 7) is 5.61. The summed E-state index contributed by atoms with van der Waals surface area (Å²) in [6.07, 6.45) is 2.14. The minimum Gasteiger partial charge on any atom is -0.400 e. The molecule has 132 valence electrons. The molecule has 1 aromatic rings. The van der Waals surface area contributed by atoms with Crippen LogP contribution in [0.3, 0.4) is 0 Å². The van der Waals surface area contributed by atoms with Gasteiger partial charge in [0.2, 0.25) is 5.96 Å². The molecule has 0 aliphatic carbocycles. The molecular formula is C14H23N7O3. The summed E-state index contributed by atoms with van der Waals surface area (Å²) in [5, 5.41) is 23.6. The monoisotopic (exact) mass is 337 g/mol. The van der Waals surface area contributed by atoms with E-state index < -0.39 is 4.92 Å². The normalized spacial score (nSPS) is 16.5. The fourth-order valence-electron chi connectivity index (χ4n) is 2.39. The van der Waals surface area contributed by atoms with E-state index in [0.717, 1.165) is 39.1 Å². The summed E-state index contributed by atoms with van der Waals surface area (Å²) in [6, 6.07) is 2.71. The number of hydrogen-bond acceptors (Lipinski definition) is 7. The lowest BCUT2D eigenvalue weighted by Gasteiger charge is -2.32. The minimum absolute atomic E-state index is 0.175. The Morgan fingerprint density at radius 1 is 1.50 bits per heavy atom. The third-order valence-corrected chi connectivity index (χ3v) is 3.84. The van der Waals surface area contributed by atoms with Crippen LogP contribution in [0.15, 0.2) is 21.7 Å². The molecule has 0 aromatic carbocycles. The molecular weight excluding hydrogens is 314 g/mol. The summed E-state index contributed by atoms with van der Waals surface area (Å²) in [5.74, 6) is -0.279. The van der Waals surface area contributed by atoms with Crippen LogP contribution in [-0.2, 0) is 0 Å². The summed E-state index contributed by atoms with van der Waals surface area (Å²) < 4.78 is 4.99. The minimum atomic E-state index is -0.615. The fourth-order valence-corrected chi connectivity index (χ4v) is 2.39. The number of nitrogens with zero attached hydrogens (tertiary/aromatic N) is 5. The Bertz CT molecular complexity index is 593. The van der Waals surface area contributed by atoms with Crippen molar-refractivity contribution in [2.75, 3.05) is 46.3 Å². The lowest BCUT2D eigenvalue weighted by Crippen LogP contribution is -2.45. The van der Waals surface area contributed by atoms with Gasteiger partial charge in [0.1, 0.15) is 4.92 Å². The van der Waals surface area contributed by atoms with Crippen molar-refractivity contribution in [3.63, 3.8) is 0 Å². The molecule has 0 atom stereocenters. The molecule has 1 saturated heterocycles. The van der Waals surface area contributed by atoms with E-state index >= 15 is 0 Å². The highest BCUT2D eigenvalue weighted by Gasteiger charge is 2.14. The van der Waals surface area contributed by atoms with E-state index in [2.05, 4.69) is 21.9 Å². The Morgan fingerprint density at radius 3 is 2.79 bits per heavy atom. The van der Waals surface area contributed by atoms with Crippen molar-refractivity contribution in [1.29, 1.82) is 5.41 Å². The maximum atomic E-state index is 10.6. The van der Waals surface area contributed by atoms with E-state index in [1.54, 1.807) is 0 Å². The van der Waals surface area contributed by atoms with Crippen molar-refractivity contribution in [3.05, 3.63) is 28.0 Å². The van der Waals surface area contributed by atoms with Crippen LogP contribution in [0, 0.1) is 15.5 Å². The molecule has 0 bridgehead atoms. The predicted molar refractivity (Wildman–Crippen MR) is 90.1 cm³/mol. The van der Waals surface area contributed by atoms with E-state index in [9.17, 15) is 10.1 Å². The van der Waals surface area contributed by atoms with Crippen LogP contribution >= 0.6 is 0 Å². The number of nitro groups is 1. The number of likely N-dealkylation sites (N-methyl/N-ethyl adjacent to an activating group) is 1. The Hall–Kier alpha value is -2.46. The third kappa shape index (κ3) is 5.32. The van der Waals surface area contributed by atoms with Crippen LogP contribution in [0.4, 0.5) is 5.88 Å². The Balaban J connectivity index is 1.81. The number of nitrogens with one attached hydrogen (secondary N) is 1. The van der Waals surface area contributed by atoms with E-state index in [0.29, 0.717) is 6.54 Å². The van der Waals surface area contributed by atoms with Gasteiger partial charge in [0.15, 0.2) is 5.76 Å². The second-order valence-electron chi connectivity index (χ2n) is 5.68. The summed E-state index contributed by atoms with van der Waals surface area (Å²) in [7, 11) is 2.11. The first-order chi connectivity index (χ1) is 11.5.